The first kappa shape index (κ1) is 24.5. The first-order valence-corrected chi connectivity index (χ1v) is 12.8. The third-order valence-corrected chi connectivity index (χ3v) is 7.20. The van der Waals surface area contributed by atoms with E-state index in [0.29, 0.717) is 18.3 Å². The van der Waals surface area contributed by atoms with Gasteiger partial charge < -0.3 is 24.4 Å². The molecule has 5 rings (SSSR count). The lowest BCUT2D eigenvalue weighted by atomic mass is 10.1. The van der Waals surface area contributed by atoms with Gasteiger partial charge in [-0.15, -0.1) is 0 Å². The van der Waals surface area contributed by atoms with Crippen molar-refractivity contribution in [2.45, 2.75) is 33.4 Å². The Morgan fingerprint density at radius 3 is 2.50 bits per heavy atom. The summed E-state index contributed by atoms with van der Waals surface area (Å²) in [4.78, 5) is 16.3. The van der Waals surface area contributed by atoms with E-state index in [2.05, 4.69) is 56.8 Å². The van der Waals surface area contributed by atoms with Crippen LogP contribution in [-0.2, 0) is 13.6 Å². The lowest BCUT2D eigenvalue weighted by molar-refractivity contribution is 0.132. The topological polar surface area (TPSA) is 61.7 Å². The van der Waals surface area contributed by atoms with Gasteiger partial charge in [0, 0.05) is 57.6 Å². The minimum atomic E-state index is -0.350. The second-order valence-corrected chi connectivity index (χ2v) is 9.86. The minimum Gasteiger partial charge on any atom is -0.486 e. The SMILES string of the molecule is CCN1CCN(Cc2ccc(Nc3ncc(-c4cc(F)c5c(c4)N(C(C)C)CCO5)n3C)nc2)CC1. The fraction of sp³-hybridized carbons (Fsp3) is 0.481. The van der Waals surface area contributed by atoms with Gasteiger partial charge in [-0.05, 0) is 44.2 Å². The van der Waals surface area contributed by atoms with Crippen molar-refractivity contribution < 1.29 is 9.13 Å². The molecule has 2 aliphatic rings. The Morgan fingerprint density at radius 1 is 1.03 bits per heavy atom. The van der Waals surface area contributed by atoms with E-state index in [9.17, 15) is 4.39 Å². The number of anilines is 3. The predicted octanol–water partition coefficient (Wildman–Crippen LogP) is 4.11. The van der Waals surface area contributed by atoms with Crippen molar-refractivity contribution in [3.63, 3.8) is 0 Å². The van der Waals surface area contributed by atoms with Gasteiger partial charge in [-0.25, -0.2) is 14.4 Å². The number of rotatable bonds is 7. The van der Waals surface area contributed by atoms with Gasteiger partial charge in [0.15, 0.2) is 11.6 Å². The highest BCUT2D eigenvalue weighted by Gasteiger charge is 2.25. The third-order valence-electron chi connectivity index (χ3n) is 7.20. The second-order valence-electron chi connectivity index (χ2n) is 9.86. The number of nitrogens with zero attached hydrogens (tertiary/aromatic N) is 6. The highest BCUT2D eigenvalue weighted by Crippen LogP contribution is 2.39. The Morgan fingerprint density at radius 2 is 1.81 bits per heavy atom. The summed E-state index contributed by atoms with van der Waals surface area (Å²) >= 11 is 0. The molecule has 36 heavy (non-hydrogen) atoms. The molecule has 0 atom stereocenters. The number of likely N-dealkylation sites (N-methyl/N-ethyl adjacent to an activating group) is 1. The molecule has 0 radical (unpaired) electrons. The summed E-state index contributed by atoms with van der Waals surface area (Å²) in [5.41, 5.74) is 3.57. The molecule has 0 bridgehead atoms. The molecular formula is C27H36FN7O. The van der Waals surface area contributed by atoms with Crippen molar-refractivity contribution >= 4 is 17.5 Å². The summed E-state index contributed by atoms with van der Waals surface area (Å²) in [7, 11) is 1.92. The number of hydrogen-bond donors (Lipinski definition) is 1. The Hall–Kier alpha value is -3.17. The predicted molar refractivity (Wildman–Crippen MR) is 141 cm³/mol. The van der Waals surface area contributed by atoms with Crippen LogP contribution in [0.5, 0.6) is 5.75 Å². The number of fused-ring (bicyclic) bond motifs is 1. The van der Waals surface area contributed by atoms with Crippen LogP contribution in [0, 0.1) is 5.82 Å². The maximum Gasteiger partial charge on any atom is 0.208 e. The number of ether oxygens (including phenoxy) is 1. The number of imidazole rings is 1. The van der Waals surface area contributed by atoms with Crippen LogP contribution in [0.25, 0.3) is 11.3 Å². The van der Waals surface area contributed by atoms with Crippen molar-refractivity contribution in [2.75, 3.05) is 56.1 Å². The molecule has 1 aromatic carbocycles. The zero-order valence-electron chi connectivity index (χ0n) is 21.7. The van der Waals surface area contributed by atoms with Gasteiger partial charge in [0.2, 0.25) is 5.95 Å². The average Bonchev–Trinajstić information content (AvgIpc) is 3.25. The van der Waals surface area contributed by atoms with E-state index in [1.807, 2.05) is 29.9 Å². The summed E-state index contributed by atoms with van der Waals surface area (Å²) in [5, 5.41) is 3.30. The van der Waals surface area contributed by atoms with Crippen LogP contribution in [0.1, 0.15) is 26.3 Å². The van der Waals surface area contributed by atoms with E-state index in [1.165, 1.54) is 11.6 Å². The monoisotopic (exact) mass is 493 g/mol. The Balaban J connectivity index is 1.29. The summed E-state index contributed by atoms with van der Waals surface area (Å²) in [6.45, 7) is 14.1. The van der Waals surface area contributed by atoms with Gasteiger partial charge in [0.05, 0.1) is 24.1 Å². The molecule has 192 valence electrons. The smallest absolute Gasteiger partial charge is 0.208 e. The quantitative estimate of drug-likeness (QED) is 0.532. The van der Waals surface area contributed by atoms with Crippen LogP contribution in [-0.4, -0.2) is 76.3 Å². The molecule has 9 heteroatoms. The molecule has 2 aromatic heterocycles. The van der Waals surface area contributed by atoms with Crippen molar-refractivity contribution in [3.05, 3.63) is 48.0 Å². The number of piperazine rings is 1. The summed E-state index contributed by atoms with van der Waals surface area (Å²) in [5.74, 6) is 1.36. The maximum atomic E-state index is 15.0. The van der Waals surface area contributed by atoms with Crippen LogP contribution in [0.2, 0.25) is 0 Å². The van der Waals surface area contributed by atoms with E-state index < -0.39 is 0 Å². The Bertz CT molecular complexity index is 1190. The van der Waals surface area contributed by atoms with Crippen LogP contribution in [0.3, 0.4) is 0 Å². The number of benzene rings is 1. The van der Waals surface area contributed by atoms with Gasteiger partial charge in [0.1, 0.15) is 12.4 Å². The normalized spacial score (nSPS) is 16.8. The molecular weight excluding hydrogens is 457 g/mol. The number of hydrogen-bond acceptors (Lipinski definition) is 7. The number of nitrogens with one attached hydrogen (secondary N) is 1. The molecule has 1 saturated heterocycles. The van der Waals surface area contributed by atoms with E-state index in [0.717, 1.165) is 68.6 Å². The average molecular weight is 494 g/mol. The van der Waals surface area contributed by atoms with Crippen LogP contribution in [0.15, 0.2) is 36.7 Å². The fourth-order valence-corrected chi connectivity index (χ4v) is 5.01. The summed E-state index contributed by atoms with van der Waals surface area (Å²) in [6, 6.07) is 7.87. The second kappa shape index (κ2) is 10.4. The first-order valence-electron chi connectivity index (χ1n) is 12.8. The van der Waals surface area contributed by atoms with Crippen LogP contribution < -0.4 is 15.0 Å². The van der Waals surface area contributed by atoms with Crippen LogP contribution >= 0.6 is 0 Å². The molecule has 3 aromatic rings. The lowest BCUT2D eigenvalue weighted by Crippen LogP contribution is -2.45. The van der Waals surface area contributed by atoms with E-state index in [1.54, 1.807) is 6.20 Å². The van der Waals surface area contributed by atoms with E-state index >= 15 is 0 Å². The molecule has 0 aliphatic carbocycles. The largest absolute Gasteiger partial charge is 0.486 e. The minimum absolute atomic E-state index is 0.251. The molecule has 0 amide bonds. The summed E-state index contributed by atoms with van der Waals surface area (Å²) in [6.07, 6.45) is 3.69. The molecule has 2 aliphatic heterocycles. The van der Waals surface area contributed by atoms with E-state index in [4.69, 9.17) is 4.74 Å². The van der Waals surface area contributed by atoms with Crippen LogP contribution in [0.4, 0.5) is 21.8 Å². The first-order chi connectivity index (χ1) is 17.4. The zero-order chi connectivity index (χ0) is 25.2. The molecule has 4 heterocycles. The fourth-order valence-electron chi connectivity index (χ4n) is 5.01. The van der Waals surface area contributed by atoms with Crippen molar-refractivity contribution in [1.29, 1.82) is 0 Å². The molecule has 1 fully saturated rings. The van der Waals surface area contributed by atoms with E-state index in [-0.39, 0.29) is 11.9 Å². The van der Waals surface area contributed by atoms with Gasteiger partial charge in [-0.1, -0.05) is 13.0 Å². The highest BCUT2D eigenvalue weighted by atomic mass is 19.1. The molecule has 0 spiro atoms. The standard InChI is InChI=1S/C27H36FN7O/c1-5-33-8-10-34(11-9-33)18-20-6-7-25(29-16-20)31-27-30-17-24(32(27)4)21-14-22(28)26-23(15-21)35(19(2)3)12-13-36-26/h6-7,14-17,19H,5,8-13,18H2,1-4H3,(H,29,30,31). The maximum absolute atomic E-state index is 15.0. The van der Waals surface area contributed by atoms with Crippen molar-refractivity contribution in [2.24, 2.45) is 7.05 Å². The Kier molecular flexibility index (Phi) is 7.11. The lowest BCUT2D eigenvalue weighted by Gasteiger charge is -2.34. The van der Waals surface area contributed by atoms with Crippen molar-refractivity contribution in [3.8, 4) is 17.0 Å². The van der Waals surface area contributed by atoms with Gasteiger partial charge in [-0.2, -0.15) is 0 Å². The van der Waals surface area contributed by atoms with Gasteiger partial charge >= 0.3 is 0 Å². The highest BCUT2D eigenvalue weighted by molar-refractivity contribution is 5.73. The summed E-state index contributed by atoms with van der Waals surface area (Å²) < 4.78 is 22.5. The molecule has 8 nitrogen and oxygen atoms in total. The number of pyridine rings is 1. The van der Waals surface area contributed by atoms with Gasteiger partial charge in [0.25, 0.3) is 0 Å². The van der Waals surface area contributed by atoms with Gasteiger partial charge in [-0.3, -0.25) is 4.90 Å². The molecule has 0 unspecified atom stereocenters. The van der Waals surface area contributed by atoms with Crippen molar-refractivity contribution in [1.82, 2.24) is 24.3 Å². The molecule has 0 saturated carbocycles. The Labute approximate surface area is 212 Å². The number of aromatic nitrogens is 3. The zero-order valence-corrected chi connectivity index (χ0v) is 21.7. The molecule has 1 N–H and O–H groups in total. The number of halogens is 1. The third kappa shape index (κ3) is 5.03.